The van der Waals surface area contributed by atoms with Crippen molar-refractivity contribution < 1.29 is 52.2 Å². The Hall–Kier alpha value is -3.12. The molecule has 25 heteroatoms. The van der Waals surface area contributed by atoms with Gasteiger partial charge in [0.15, 0.2) is 47.3 Å². The number of H-pyrrole nitrogens is 1. The molecule has 45 heavy (non-hydrogen) atoms. The summed E-state index contributed by atoms with van der Waals surface area (Å²) >= 11 is 0. The van der Waals surface area contributed by atoms with E-state index in [1.54, 1.807) is 0 Å². The lowest BCUT2D eigenvalue weighted by atomic mass is 10.1. The van der Waals surface area contributed by atoms with E-state index < -0.39 is 84.1 Å². The number of nitrogen functional groups attached to an aromatic ring is 2. The molecule has 3 aliphatic rings. The summed E-state index contributed by atoms with van der Waals surface area (Å²) in [5.41, 5.74) is 17.5. The number of aromatic amines is 1. The second-order valence-electron chi connectivity index (χ2n) is 10.3. The molecule has 4 aromatic rings. The van der Waals surface area contributed by atoms with Gasteiger partial charge in [0, 0.05) is 0 Å². The summed E-state index contributed by atoms with van der Waals surface area (Å²) in [5, 5.41) is 11.2. The molecule has 7 heterocycles. The maximum atomic E-state index is 12.3. The summed E-state index contributed by atoms with van der Waals surface area (Å²) in [5.74, 6) is -0.170. The van der Waals surface area contributed by atoms with Crippen molar-refractivity contribution in [2.75, 3.05) is 24.7 Å². The molecule has 242 valence electrons. The number of anilines is 2. The lowest BCUT2D eigenvalue weighted by Gasteiger charge is -2.23. The van der Waals surface area contributed by atoms with Gasteiger partial charge in [-0.15, -0.1) is 9.05 Å². The molecule has 8 atom stereocenters. The van der Waals surface area contributed by atoms with Gasteiger partial charge < -0.3 is 31.8 Å². The number of nitrogens with two attached hydrogens (primary N) is 3. The van der Waals surface area contributed by atoms with Gasteiger partial charge in [-0.25, -0.2) is 19.9 Å². The molecule has 0 amide bonds. The van der Waals surface area contributed by atoms with Crippen LogP contribution in [0.25, 0.3) is 22.3 Å². The highest BCUT2D eigenvalue weighted by molar-refractivity contribution is 7.54. The molecular weight excluding hydrogens is 648 g/mol. The quantitative estimate of drug-likeness (QED) is 0.0942. The molecule has 3 saturated heterocycles. The van der Waals surface area contributed by atoms with Crippen LogP contribution in [0, 0.1) is 0 Å². The van der Waals surface area contributed by atoms with E-state index in [0.29, 0.717) is 0 Å². The van der Waals surface area contributed by atoms with E-state index in [2.05, 4.69) is 29.9 Å². The van der Waals surface area contributed by atoms with Gasteiger partial charge in [0.1, 0.15) is 43.4 Å². The summed E-state index contributed by atoms with van der Waals surface area (Å²) in [4.78, 5) is 78.0. The fourth-order valence-electron chi connectivity index (χ4n) is 5.36. The fourth-order valence-corrected chi connectivity index (χ4v) is 7.31. The minimum atomic E-state index is -4.77. The summed E-state index contributed by atoms with van der Waals surface area (Å²) in [6.07, 6.45) is -6.11. The Bertz CT molecular complexity index is 1800. The average Bonchev–Trinajstić information content (AvgIpc) is 3.72. The van der Waals surface area contributed by atoms with E-state index in [9.17, 15) is 29.5 Å². The zero-order valence-corrected chi connectivity index (χ0v) is 24.4. The van der Waals surface area contributed by atoms with E-state index in [1.165, 1.54) is 28.1 Å². The minimum Gasteiger partial charge on any atom is -0.385 e. The first-order valence-corrected chi connectivity index (χ1v) is 16.1. The molecule has 3 aliphatic heterocycles. The van der Waals surface area contributed by atoms with Crippen LogP contribution in [-0.4, -0.2) is 113 Å². The van der Waals surface area contributed by atoms with Crippen molar-refractivity contribution in [2.45, 2.75) is 49.0 Å². The molecule has 12 N–H and O–H groups in total. The predicted octanol–water partition coefficient (Wildman–Crippen LogP) is -3.25. The van der Waals surface area contributed by atoms with Gasteiger partial charge in [-0.1, -0.05) is 0 Å². The first-order chi connectivity index (χ1) is 21.3. The van der Waals surface area contributed by atoms with Crippen LogP contribution in [0.1, 0.15) is 12.5 Å². The zero-order valence-electron chi connectivity index (χ0n) is 22.6. The molecule has 0 radical (unpaired) electrons. The van der Waals surface area contributed by atoms with E-state index in [-0.39, 0.29) is 34.1 Å². The van der Waals surface area contributed by atoms with Crippen molar-refractivity contribution in [1.29, 1.82) is 0 Å². The fraction of sp³-hybridized carbons (Fsp3) is 0.500. The number of nitrogens with zero attached hydrogens (tertiary/aromatic N) is 7. The normalized spacial score (nSPS) is 33.5. The molecule has 3 fully saturated rings. The molecular formula is C20H27N11O12P2+2. The Labute approximate surface area is 250 Å². The number of nitrogens with one attached hydrogen (secondary N) is 1. The highest BCUT2D eigenvalue weighted by atomic mass is 31.2. The third kappa shape index (κ3) is 5.41. The topological polar surface area (TPSA) is 342 Å². The number of ether oxygens (including phenoxy) is 2. The zero-order chi connectivity index (χ0) is 31.8. The van der Waals surface area contributed by atoms with Gasteiger partial charge in [0.05, 0.1) is 18.7 Å². The Morgan fingerprint density at radius 3 is 2.20 bits per heavy atom. The van der Waals surface area contributed by atoms with Crippen molar-refractivity contribution in [2.24, 2.45) is 5.73 Å². The minimum absolute atomic E-state index is 0.0405. The first-order valence-electron chi connectivity index (χ1n) is 13.1. The second kappa shape index (κ2) is 11.0. The summed E-state index contributed by atoms with van der Waals surface area (Å²) < 4.78 is 36.0. The molecule has 2 bridgehead atoms. The van der Waals surface area contributed by atoms with Gasteiger partial charge in [-0.3, -0.25) is 18.9 Å². The number of aliphatic hydroxyl groups is 1. The molecule has 0 aliphatic carbocycles. The van der Waals surface area contributed by atoms with Crippen LogP contribution in [0.2, 0.25) is 0 Å². The lowest BCUT2D eigenvalue weighted by molar-refractivity contribution is -0.0743. The second-order valence-corrected chi connectivity index (χ2v) is 13.2. The molecule has 0 unspecified atom stereocenters. The SMILES string of the molecule is Nc1nc2c(ncn2[C@@H]2O[C@@H]3CO[P+](O)(O)O[C@H]4[C@@H](O)[C@H](n5cnc6c(N)ncnc65)O[C@@H]4CO[P+](O)(O)O[C@@H]2[C@@H]3N)c(=O)[nH]1. The molecule has 0 saturated carbocycles. The Morgan fingerprint density at radius 1 is 0.844 bits per heavy atom. The van der Waals surface area contributed by atoms with Crippen LogP contribution >= 0.6 is 16.3 Å². The van der Waals surface area contributed by atoms with Gasteiger partial charge in [0.2, 0.25) is 5.95 Å². The van der Waals surface area contributed by atoms with Crippen LogP contribution in [0.3, 0.4) is 0 Å². The van der Waals surface area contributed by atoms with E-state index in [0.717, 1.165) is 0 Å². The highest BCUT2D eigenvalue weighted by Gasteiger charge is 2.60. The van der Waals surface area contributed by atoms with Crippen LogP contribution in [0.15, 0.2) is 23.8 Å². The molecule has 4 aromatic heterocycles. The standard InChI is InChI=1S/C20H26N11O12P2/c21-8-6-1-38-44(34,35)42-12-7(41-18(11(12)32)30-4-26-9-14(22)24-3-25-15(9)30)2-39-45(36,37)43-13(8)19(40-6)31-5-27-10-16(31)28-20(23)29-17(10)33/h3-8,11-13,18-19,32,34-37H,1-2,21H2,(H4-,22,23,24,25,28,29,33)/q+1/p+1/t6-,7-,8-,11-,12-,13-,18-,19-/m1/s1. The van der Waals surface area contributed by atoms with E-state index in [1.807, 2.05) is 0 Å². The van der Waals surface area contributed by atoms with Crippen LogP contribution in [0.5, 0.6) is 0 Å². The van der Waals surface area contributed by atoms with Crippen molar-refractivity contribution in [3.8, 4) is 0 Å². The Morgan fingerprint density at radius 2 is 1.47 bits per heavy atom. The van der Waals surface area contributed by atoms with Gasteiger partial charge in [-0.2, -0.15) is 33.6 Å². The van der Waals surface area contributed by atoms with E-state index >= 15 is 0 Å². The average molecular weight is 675 g/mol. The third-order valence-electron chi connectivity index (χ3n) is 7.43. The van der Waals surface area contributed by atoms with Crippen molar-refractivity contribution in [1.82, 2.24) is 39.0 Å². The van der Waals surface area contributed by atoms with Gasteiger partial charge in [-0.05, 0) is 0 Å². The van der Waals surface area contributed by atoms with Crippen LogP contribution < -0.4 is 22.8 Å². The predicted molar refractivity (Wildman–Crippen MR) is 148 cm³/mol. The number of imidazole rings is 2. The Balaban J connectivity index is 1.20. The largest absolute Gasteiger partial charge is 0.570 e. The smallest absolute Gasteiger partial charge is 0.385 e. The highest BCUT2D eigenvalue weighted by Crippen LogP contribution is 2.59. The summed E-state index contributed by atoms with van der Waals surface area (Å²) in [6, 6.07) is -1.20. The van der Waals surface area contributed by atoms with Crippen molar-refractivity contribution >= 4 is 50.4 Å². The number of aromatic nitrogens is 8. The lowest BCUT2D eigenvalue weighted by Crippen LogP contribution is -2.43. The van der Waals surface area contributed by atoms with Crippen molar-refractivity contribution in [3.05, 3.63) is 29.3 Å². The number of hydrogen-bond acceptors (Lipinski definition) is 20. The van der Waals surface area contributed by atoms with Crippen LogP contribution in [-0.2, 0) is 27.6 Å². The number of fused-ring (bicyclic) bond motifs is 5. The van der Waals surface area contributed by atoms with Crippen molar-refractivity contribution in [3.63, 3.8) is 0 Å². The molecule has 0 spiro atoms. The maximum absolute atomic E-state index is 12.3. The van der Waals surface area contributed by atoms with E-state index in [4.69, 9.17) is 44.8 Å². The summed E-state index contributed by atoms with van der Waals surface area (Å²) in [7, 11) is -9.51. The van der Waals surface area contributed by atoms with Gasteiger partial charge in [0.25, 0.3) is 5.56 Å². The van der Waals surface area contributed by atoms with Crippen LogP contribution in [0.4, 0.5) is 11.8 Å². The summed E-state index contributed by atoms with van der Waals surface area (Å²) in [6.45, 7) is -1.31. The first kappa shape index (κ1) is 30.5. The number of aliphatic hydroxyl groups excluding tert-OH is 1. The maximum Gasteiger partial charge on any atom is 0.570 e. The third-order valence-corrected chi connectivity index (χ3v) is 9.44. The number of rotatable bonds is 2. The number of hydrogen-bond donors (Lipinski definition) is 9. The Kier molecular flexibility index (Phi) is 7.46. The molecule has 0 aromatic carbocycles. The monoisotopic (exact) mass is 675 g/mol. The van der Waals surface area contributed by atoms with Gasteiger partial charge >= 0.3 is 16.3 Å². The molecule has 23 nitrogen and oxygen atoms in total. The molecule has 7 rings (SSSR count).